The fraction of sp³-hybridized carbons (Fsp3) is 0.250. The predicted molar refractivity (Wildman–Crippen MR) is 59.7 cm³/mol. The Morgan fingerprint density at radius 3 is 2.50 bits per heavy atom. The van der Waals surface area contributed by atoms with Gasteiger partial charge in [-0.25, -0.2) is 0 Å². The van der Waals surface area contributed by atoms with Crippen LogP contribution in [0.1, 0.15) is 19.8 Å². The van der Waals surface area contributed by atoms with Gasteiger partial charge in [-0.2, -0.15) is 0 Å². The number of hydrogen-bond donors (Lipinski definition) is 0. The van der Waals surface area contributed by atoms with Gasteiger partial charge < -0.3 is 0 Å². The second-order valence-corrected chi connectivity index (χ2v) is 2.96. The van der Waals surface area contributed by atoms with Gasteiger partial charge in [0.25, 0.3) is 0 Å². The van der Waals surface area contributed by atoms with Gasteiger partial charge >= 0.3 is 0 Å². The van der Waals surface area contributed by atoms with Crippen molar-refractivity contribution < 1.29 is 4.79 Å². The van der Waals surface area contributed by atoms with E-state index in [1.807, 2.05) is 6.92 Å². The molecule has 0 atom stereocenters. The fourth-order valence-electron chi connectivity index (χ4n) is 0.493. The standard InChI is InChI=1S/C12H8OS/c1-3-5-6-7-8-9-11-14-12(13)10-4-2/h1H,4,10H2,2H3. The number of hydrogen-bond acceptors (Lipinski definition) is 2. The zero-order valence-electron chi connectivity index (χ0n) is 7.81. The van der Waals surface area contributed by atoms with Crippen molar-refractivity contribution in [1.82, 2.24) is 0 Å². The molecule has 0 aromatic carbocycles. The Morgan fingerprint density at radius 1 is 1.21 bits per heavy atom. The molecule has 0 unspecified atom stereocenters. The summed E-state index contributed by atoms with van der Waals surface area (Å²) in [6.07, 6.45) is 6.25. The highest BCUT2D eigenvalue weighted by molar-refractivity contribution is 8.17. The van der Waals surface area contributed by atoms with Crippen molar-refractivity contribution in [3.63, 3.8) is 0 Å². The number of thioether (sulfide) groups is 1. The van der Waals surface area contributed by atoms with Crippen molar-refractivity contribution in [2.45, 2.75) is 19.8 Å². The molecule has 0 amide bonds. The third-order valence-corrected chi connectivity index (χ3v) is 1.63. The molecule has 2 heteroatoms. The number of rotatable bonds is 2. The summed E-state index contributed by atoms with van der Waals surface area (Å²) in [5, 5.41) is 2.64. The molecule has 0 bridgehead atoms. The molecule has 0 aliphatic heterocycles. The molecular weight excluding hydrogens is 192 g/mol. The largest absolute Gasteiger partial charge is 0.286 e. The highest BCUT2D eigenvalue weighted by atomic mass is 32.2. The highest BCUT2D eigenvalue weighted by Crippen LogP contribution is 2.03. The first kappa shape index (κ1) is 12.3. The molecule has 0 fully saturated rings. The first-order chi connectivity index (χ1) is 6.81. The molecule has 0 aromatic rings. The molecule has 14 heavy (non-hydrogen) atoms. The van der Waals surface area contributed by atoms with Crippen LogP contribution in [0.5, 0.6) is 0 Å². The van der Waals surface area contributed by atoms with Crippen molar-refractivity contribution in [2.75, 3.05) is 0 Å². The lowest BCUT2D eigenvalue weighted by molar-refractivity contribution is -0.110. The summed E-state index contributed by atoms with van der Waals surface area (Å²) in [5.41, 5.74) is 0. The molecular formula is C12H8OS. The van der Waals surface area contributed by atoms with Crippen LogP contribution in [0.2, 0.25) is 0 Å². The molecule has 0 aliphatic carbocycles. The Kier molecular flexibility index (Phi) is 8.19. The summed E-state index contributed by atoms with van der Waals surface area (Å²) < 4.78 is 0. The second-order valence-electron chi connectivity index (χ2n) is 2.10. The lowest BCUT2D eigenvalue weighted by Crippen LogP contribution is -1.85. The van der Waals surface area contributed by atoms with E-state index in [0.717, 1.165) is 18.2 Å². The zero-order valence-corrected chi connectivity index (χ0v) is 8.62. The maximum Gasteiger partial charge on any atom is 0.201 e. The molecule has 0 aliphatic rings. The van der Waals surface area contributed by atoms with Crippen LogP contribution >= 0.6 is 11.8 Å². The predicted octanol–water partition coefficient (Wildman–Crippen LogP) is 1.65. The van der Waals surface area contributed by atoms with Gasteiger partial charge in [0.2, 0.25) is 5.12 Å². The molecule has 0 saturated carbocycles. The Hall–Kier alpha value is -1.74. The lowest BCUT2D eigenvalue weighted by atomic mass is 10.4. The third kappa shape index (κ3) is 8.36. The summed E-state index contributed by atoms with van der Waals surface area (Å²) >= 11 is 0.974. The van der Waals surface area contributed by atoms with Crippen LogP contribution in [0.25, 0.3) is 0 Å². The van der Waals surface area contributed by atoms with Crippen molar-refractivity contribution in [1.29, 1.82) is 0 Å². The van der Waals surface area contributed by atoms with Gasteiger partial charge in [-0.1, -0.05) is 6.92 Å². The van der Waals surface area contributed by atoms with E-state index >= 15 is 0 Å². The minimum absolute atomic E-state index is 0.0662. The Balaban J connectivity index is 3.89. The van der Waals surface area contributed by atoms with Gasteiger partial charge in [-0.3, -0.25) is 4.79 Å². The van der Waals surface area contributed by atoms with E-state index in [2.05, 4.69) is 40.8 Å². The lowest BCUT2D eigenvalue weighted by Gasteiger charge is -1.86. The van der Waals surface area contributed by atoms with Crippen molar-refractivity contribution in [3.8, 4) is 47.2 Å². The summed E-state index contributed by atoms with van der Waals surface area (Å²) in [6.45, 7) is 1.95. The molecule has 0 rings (SSSR count). The SMILES string of the molecule is C#CC#CC#CC#CSC(=O)CCC. The first-order valence-corrected chi connectivity index (χ1v) is 4.78. The average Bonchev–Trinajstić information content (AvgIpc) is 2.17. The molecule has 0 heterocycles. The summed E-state index contributed by atoms with van der Waals surface area (Å²) in [4.78, 5) is 10.9. The summed E-state index contributed by atoms with van der Waals surface area (Å²) in [5.74, 6) is 14.3. The zero-order chi connectivity index (χ0) is 10.6. The van der Waals surface area contributed by atoms with Crippen LogP contribution in [0.4, 0.5) is 0 Å². The monoisotopic (exact) mass is 200 g/mol. The van der Waals surface area contributed by atoms with Gasteiger partial charge in [0.05, 0.1) is 0 Å². The summed E-state index contributed by atoms with van der Waals surface area (Å²) in [7, 11) is 0. The maximum absolute atomic E-state index is 10.9. The smallest absolute Gasteiger partial charge is 0.201 e. The van der Waals surface area contributed by atoms with Crippen LogP contribution < -0.4 is 0 Å². The van der Waals surface area contributed by atoms with Gasteiger partial charge in [0.1, 0.15) is 0 Å². The number of terminal acetylenes is 1. The Morgan fingerprint density at radius 2 is 1.86 bits per heavy atom. The minimum atomic E-state index is 0.0662. The molecule has 0 saturated heterocycles. The minimum Gasteiger partial charge on any atom is -0.286 e. The highest BCUT2D eigenvalue weighted by Gasteiger charge is 1.95. The van der Waals surface area contributed by atoms with Gasteiger partial charge in [0.15, 0.2) is 0 Å². The van der Waals surface area contributed by atoms with Crippen molar-refractivity contribution in [3.05, 3.63) is 0 Å². The maximum atomic E-state index is 10.9. The Labute approximate surface area is 89.0 Å². The van der Waals surface area contributed by atoms with Gasteiger partial charge in [0, 0.05) is 18.2 Å². The van der Waals surface area contributed by atoms with Crippen molar-refractivity contribution in [2.24, 2.45) is 0 Å². The van der Waals surface area contributed by atoms with E-state index < -0.39 is 0 Å². The van der Waals surface area contributed by atoms with Crippen LogP contribution in [0, 0.1) is 47.2 Å². The third-order valence-electron chi connectivity index (χ3n) is 0.992. The molecule has 0 spiro atoms. The number of carbonyl (C=O) groups excluding carboxylic acids is 1. The van der Waals surface area contributed by atoms with E-state index in [0.29, 0.717) is 6.42 Å². The quantitative estimate of drug-likeness (QED) is 0.630. The van der Waals surface area contributed by atoms with Crippen molar-refractivity contribution >= 4 is 16.9 Å². The van der Waals surface area contributed by atoms with E-state index in [9.17, 15) is 4.79 Å². The topological polar surface area (TPSA) is 17.1 Å². The van der Waals surface area contributed by atoms with E-state index in [4.69, 9.17) is 6.42 Å². The van der Waals surface area contributed by atoms with E-state index in [-0.39, 0.29) is 5.12 Å². The fourth-order valence-corrected chi connectivity index (χ4v) is 1.02. The van der Waals surface area contributed by atoms with Gasteiger partial charge in [-0.15, -0.1) is 6.42 Å². The molecule has 0 aromatic heterocycles. The van der Waals surface area contributed by atoms with Crippen LogP contribution in [0.3, 0.4) is 0 Å². The number of carbonyl (C=O) groups is 1. The van der Waals surface area contributed by atoms with Crippen LogP contribution in [-0.2, 0) is 4.79 Å². The first-order valence-electron chi connectivity index (χ1n) is 3.96. The van der Waals surface area contributed by atoms with Crippen LogP contribution in [0.15, 0.2) is 0 Å². The van der Waals surface area contributed by atoms with Crippen LogP contribution in [-0.4, -0.2) is 5.12 Å². The molecule has 1 nitrogen and oxygen atoms in total. The normalized spacial score (nSPS) is 6.29. The summed E-state index contributed by atoms with van der Waals surface area (Å²) in [6, 6.07) is 0. The Bertz CT molecular complexity index is 407. The van der Waals surface area contributed by atoms with E-state index in [1.54, 1.807) is 0 Å². The molecule has 0 N–H and O–H groups in total. The second kappa shape index (κ2) is 9.35. The van der Waals surface area contributed by atoms with E-state index in [1.165, 1.54) is 0 Å². The average molecular weight is 200 g/mol. The van der Waals surface area contributed by atoms with Gasteiger partial charge in [-0.05, 0) is 47.2 Å². The molecule has 0 radical (unpaired) electrons. The molecule has 68 valence electrons.